The second-order valence-corrected chi connectivity index (χ2v) is 7.35. The van der Waals surface area contributed by atoms with Crippen LogP contribution in [0.1, 0.15) is 30.4 Å². The molecular weight excluding hydrogens is 358 g/mol. The standard InChI is InChI=1S/C22H23NO5/c1-2-28-22(11-20(24)25)13-23(14-22)21(26)27-12-19-17-9-5-3-7-15(17)16-8-4-6-10-18(16)19/h3-10,19H,2,11-14H2,1H3,(H,24,25). The molecule has 0 saturated carbocycles. The third kappa shape index (κ3) is 3.24. The smallest absolute Gasteiger partial charge is 0.409 e. The van der Waals surface area contributed by atoms with E-state index in [1.165, 1.54) is 16.0 Å². The van der Waals surface area contributed by atoms with Gasteiger partial charge in [0.1, 0.15) is 12.2 Å². The number of carboxylic acids is 1. The van der Waals surface area contributed by atoms with E-state index in [1.54, 1.807) is 0 Å². The predicted molar refractivity (Wildman–Crippen MR) is 103 cm³/mol. The van der Waals surface area contributed by atoms with Crippen LogP contribution in [0, 0.1) is 0 Å². The van der Waals surface area contributed by atoms with E-state index in [2.05, 4.69) is 24.3 Å². The van der Waals surface area contributed by atoms with E-state index in [0.29, 0.717) is 6.61 Å². The molecule has 2 aliphatic rings. The Morgan fingerprint density at radius 2 is 1.64 bits per heavy atom. The lowest BCUT2D eigenvalue weighted by Crippen LogP contribution is -2.65. The number of carboxylic acid groups (broad SMARTS) is 1. The number of fused-ring (bicyclic) bond motifs is 3. The van der Waals surface area contributed by atoms with Crippen molar-refractivity contribution in [2.75, 3.05) is 26.3 Å². The van der Waals surface area contributed by atoms with Crippen LogP contribution in [0.2, 0.25) is 0 Å². The minimum absolute atomic E-state index is 0.00768. The second-order valence-electron chi connectivity index (χ2n) is 7.35. The summed E-state index contributed by atoms with van der Waals surface area (Å²) in [6.45, 7) is 2.96. The second kappa shape index (κ2) is 7.28. The van der Waals surface area contributed by atoms with Gasteiger partial charge in [0.15, 0.2) is 0 Å². The van der Waals surface area contributed by atoms with E-state index in [1.807, 2.05) is 31.2 Å². The van der Waals surface area contributed by atoms with E-state index in [-0.39, 0.29) is 32.0 Å². The summed E-state index contributed by atoms with van der Waals surface area (Å²) in [5.74, 6) is -0.922. The maximum Gasteiger partial charge on any atom is 0.409 e. The van der Waals surface area contributed by atoms with Gasteiger partial charge in [-0.15, -0.1) is 0 Å². The molecule has 4 rings (SSSR count). The van der Waals surface area contributed by atoms with Crippen molar-refractivity contribution in [3.8, 4) is 11.1 Å². The highest BCUT2D eigenvalue weighted by atomic mass is 16.6. The van der Waals surface area contributed by atoms with Crippen molar-refractivity contribution in [3.05, 3.63) is 59.7 Å². The minimum Gasteiger partial charge on any atom is -0.481 e. The number of nitrogens with zero attached hydrogens (tertiary/aromatic N) is 1. The summed E-state index contributed by atoms with van der Waals surface area (Å²) in [7, 11) is 0. The molecular formula is C22H23NO5. The quantitative estimate of drug-likeness (QED) is 0.829. The van der Waals surface area contributed by atoms with Crippen LogP contribution in [0.15, 0.2) is 48.5 Å². The van der Waals surface area contributed by atoms with Gasteiger partial charge in [-0.2, -0.15) is 0 Å². The molecule has 1 saturated heterocycles. The highest BCUT2D eigenvalue weighted by Crippen LogP contribution is 2.44. The van der Waals surface area contributed by atoms with E-state index >= 15 is 0 Å². The highest BCUT2D eigenvalue weighted by molar-refractivity contribution is 5.79. The molecule has 1 amide bonds. The number of carbonyl (C=O) groups is 2. The van der Waals surface area contributed by atoms with Crippen molar-refractivity contribution in [2.24, 2.45) is 0 Å². The van der Waals surface area contributed by atoms with Crippen LogP contribution in [-0.4, -0.2) is 54.0 Å². The van der Waals surface area contributed by atoms with Gasteiger partial charge in [0.25, 0.3) is 0 Å². The Balaban J connectivity index is 1.42. The molecule has 1 aliphatic heterocycles. The largest absolute Gasteiger partial charge is 0.481 e. The summed E-state index contributed by atoms with van der Waals surface area (Å²) in [4.78, 5) is 25.1. The van der Waals surface area contributed by atoms with Crippen LogP contribution < -0.4 is 0 Å². The third-order valence-corrected chi connectivity index (χ3v) is 5.48. The Bertz CT molecular complexity index is 858. The first-order valence-electron chi connectivity index (χ1n) is 9.49. The molecule has 1 fully saturated rings. The number of aliphatic carboxylic acids is 1. The monoisotopic (exact) mass is 381 g/mol. The van der Waals surface area contributed by atoms with Crippen LogP contribution in [0.3, 0.4) is 0 Å². The first-order chi connectivity index (χ1) is 13.5. The first-order valence-corrected chi connectivity index (χ1v) is 9.49. The fraction of sp³-hybridized carbons (Fsp3) is 0.364. The first kappa shape index (κ1) is 18.5. The molecule has 2 aromatic carbocycles. The van der Waals surface area contributed by atoms with Crippen molar-refractivity contribution in [1.82, 2.24) is 4.90 Å². The Morgan fingerprint density at radius 1 is 1.07 bits per heavy atom. The summed E-state index contributed by atoms with van der Waals surface area (Å²) < 4.78 is 11.2. The molecule has 0 radical (unpaired) electrons. The number of amides is 1. The number of benzene rings is 2. The average molecular weight is 381 g/mol. The maximum atomic E-state index is 12.5. The van der Waals surface area contributed by atoms with Gasteiger partial charge in [-0.25, -0.2) is 4.79 Å². The van der Waals surface area contributed by atoms with E-state index in [4.69, 9.17) is 14.6 Å². The van der Waals surface area contributed by atoms with Crippen LogP contribution in [-0.2, 0) is 14.3 Å². The summed E-state index contributed by atoms with van der Waals surface area (Å²) in [5.41, 5.74) is 3.88. The lowest BCUT2D eigenvalue weighted by atomic mass is 9.90. The fourth-order valence-corrected chi connectivity index (χ4v) is 4.30. The van der Waals surface area contributed by atoms with Crippen LogP contribution >= 0.6 is 0 Å². The van der Waals surface area contributed by atoms with Crippen molar-refractivity contribution in [1.29, 1.82) is 0 Å². The topological polar surface area (TPSA) is 76.1 Å². The van der Waals surface area contributed by atoms with Gasteiger partial charge in [-0.05, 0) is 29.2 Å². The van der Waals surface area contributed by atoms with Gasteiger partial charge in [-0.3, -0.25) is 4.79 Å². The van der Waals surface area contributed by atoms with E-state index in [0.717, 1.165) is 11.1 Å². The maximum absolute atomic E-state index is 12.5. The van der Waals surface area contributed by atoms with Gasteiger partial charge in [0.2, 0.25) is 0 Å². The van der Waals surface area contributed by atoms with Crippen LogP contribution in [0.25, 0.3) is 11.1 Å². The van der Waals surface area contributed by atoms with Crippen molar-refractivity contribution >= 4 is 12.1 Å². The number of likely N-dealkylation sites (tertiary alicyclic amines) is 1. The average Bonchev–Trinajstić information content (AvgIpc) is 2.97. The molecule has 2 aromatic rings. The zero-order chi connectivity index (χ0) is 19.7. The summed E-state index contributed by atoms with van der Waals surface area (Å²) >= 11 is 0. The molecule has 1 aliphatic carbocycles. The van der Waals surface area contributed by atoms with Gasteiger partial charge < -0.3 is 19.5 Å². The number of hydrogen-bond donors (Lipinski definition) is 1. The Morgan fingerprint density at radius 3 is 2.18 bits per heavy atom. The number of ether oxygens (including phenoxy) is 2. The molecule has 0 atom stereocenters. The molecule has 1 heterocycles. The normalized spacial score (nSPS) is 16.8. The predicted octanol–water partition coefficient (Wildman–Crippen LogP) is 3.50. The van der Waals surface area contributed by atoms with Gasteiger partial charge >= 0.3 is 12.1 Å². The van der Waals surface area contributed by atoms with Crippen molar-refractivity contribution in [3.63, 3.8) is 0 Å². The van der Waals surface area contributed by atoms with E-state index < -0.39 is 17.7 Å². The lowest BCUT2D eigenvalue weighted by Gasteiger charge is -2.48. The number of carbonyl (C=O) groups excluding carboxylic acids is 1. The van der Waals surface area contributed by atoms with Gasteiger partial charge in [0, 0.05) is 12.5 Å². The summed E-state index contributed by atoms with van der Waals surface area (Å²) in [6, 6.07) is 16.4. The molecule has 28 heavy (non-hydrogen) atoms. The highest BCUT2D eigenvalue weighted by Gasteiger charge is 2.48. The Labute approximate surface area is 163 Å². The lowest BCUT2D eigenvalue weighted by molar-refractivity contribution is -0.163. The van der Waals surface area contributed by atoms with Crippen LogP contribution in [0.5, 0.6) is 0 Å². The third-order valence-electron chi connectivity index (χ3n) is 5.48. The fourth-order valence-electron chi connectivity index (χ4n) is 4.30. The number of hydrogen-bond acceptors (Lipinski definition) is 4. The zero-order valence-corrected chi connectivity index (χ0v) is 15.8. The van der Waals surface area contributed by atoms with Crippen molar-refractivity contribution in [2.45, 2.75) is 24.9 Å². The summed E-state index contributed by atoms with van der Waals surface area (Å²) in [5, 5.41) is 9.08. The molecule has 146 valence electrons. The minimum atomic E-state index is -0.930. The molecule has 0 aromatic heterocycles. The van der Waals surface area contributed by atoms with Gasteiger partial charge in [-0.1, -0.05) is 48.5 Å². The Hall–Kier alpha value is -2.86. The zero-order valence-electron chi connectivity index (χ0n) is 15.8. The molecule has 0 spiro atoms. The van der Waals surface area contributed by atoms with Gasteiger partial charge in [0.05, 0.1) is 19.5 Å². The SMILES string of the molecule is CCOC1(CC(=O)O)CN(C(=O)OCC2c3ccccc3-c3ccccc32)C1. The molecule has 6 heteroatoms. The number of rotatable bonds is 6. The molecule has 6 nitrogen and oxygen atoms in total. The molecule has 0 bridgehead atoms. The molecule has 0 unspecified atom stereocenters. The molecule has 1 N–H and O–H groups in total. The van der Waals surface area contributed by atoms with Crippen molar-refractivity contribution < 1.29 is 24.2 Å². The summed E-state index contributed by atoms with van der Waals surface area (Å²) in [6.07, 6.45) is -0.545. The van der Waals surface area contributed by atoms with E-state index in [9.17, 15) is 9.59 Å². The Kier molecular flexibility index (Phi) is 4.81. The van der Waals surface area contributed by atoms with Crippen LogP contribution in [0.4, 0.5) is 4.79 Å².